The third kappa shape index (κ3) is 5.01. The second-order valence-electron chi connectivity index (χ2n) is 7.18. The van der Waals surface area contributed by atoms with Crippen LogP contribution in [0, 0.1) is 6.92 Å². The first kappa shape index (κ1) is 22.4. The molecule has 0 spiro atoms. The summed E-state index contributed by atoms with van der Waals surface area (Å²) in [5, 5.41) is 3.13. The number of aromatic amines is 1. The van der Waals surface area contributed by atoms with Crippen molar-refractivity contribution in [2.24, 2.45) is 0 Å². The van der Waals surface area contributed by atoms with Gasteiger partial charge in [0, 0.05) is 5.69 Å². The van der Waals surface area contributed by atoms with E-state index in [2.05, 4.69) is 15.3 Å². The van der Waals surface area contributed by atoms with Gasteiger partial charge in [-0.15, -0.1) is 0 Å². The van der Waals surface area contributed by atoms with E-state index >= 15 is 0 Å². The number of nitrogens with one attached hydrogen (secondary N) is 2. The van der Waals surface area contributed by atoms with Crippen LogP contribution < -0.4 is 10.9 Å². The molecule has 0 aliphatic rings. The van der Waals surface area contributed by atoms with Crippen molar-refractivity contribution in [1.29, 1.82) is 0 Å². The third-order valence-electron chi connectivity index (χ3n) is 4.76. The molecule has 0 atom stereocenters. The number of ether oxygens (including phenoxy) is 1. The van der Waals surface area contributed by atoms with Crippen LogP contribution >= 0.6 is 11.8 Å². The van der Waals surface area contributed by atoms with E-state index in [0.717, 1.165) is 17.5 Å². The molecule has 33 heavy (non-hydrogen) atoms. The van der Waals surface area contributed by atoms with Gasteiger partial charge in [-0.2, -0.15) is 0 Å². The molecule has 1 amide bonds. The molecular weight excluding hydrogens is 444 g/mol. The van der Waals surface area contributed by atoms with Crippen molar-refractivity contribution in [1.82, 2.24) is 14.5 Å². The van der Waals surface area contributed by atoms with Gasteiger partial charge in [-0.25, -0.2) is 9.78 Å². The van der Waals surface area contributed by atoms with Crippen molar-refractivity contribution in [3.8, 4) is 0 Å². The van der Waals surface area contributed by atoms with Gasteiger partial charge >= 0.3 is 5.97 Å². The monoisotopic (exact) mass is 466 g/mol. The SMILES string of the molecule is CCOC(=O)c1ccccc1NC(=O)CSc1nc2cc(C)[nH]c2c(=O)n1Cc1ccco1. The molecule has 2 N–H and O–H groups in total. The van der Waals surface area contributed by atoms with E-state index in [0.29, 0.717) is 27.6 Å². The molecule has 3 heterocycles. The number of anilines is 1. The van der Waals surface area contributed by atoms with Crippen molar-refractivity contribution >= 4 is 40.4 Å². The molecule has 0 bridgehead atoms. The van der Waals surface area contributed by atoms with Gasteiger partial charge in [-0.1, -0.05) is 23.9 Å². The Morgan fingerprint density at radius 2 is 2.06 bits per heavy atom. The molecule has 10 heteroatoms. The lowest BCUT2D eigenvalue weighted by molar-refractivity contribution is -0.113. The Balaban J connectivity index is 1.56. The number of amides is 1. The van der Waals surface area contributed by atoms with Crippen LogP contribution in [0.4, 0.5) is 5.69 Å². The van der Waals surface area contributed by atoms with Crippen LogP contribution in [-0.4, -0.2) is 38.8 Å². The summed E-state index contributed by atoms with van der Waals surface area (Å²) in [6.07, 6.45) is 1.53. The second kappa shape index (κ2) is 9.78. The Labute approximate surface area is 193 Å². The maximum Gasteiger partial charge on any atom is 0.340 e. The largest absolute Gasteiger partial charge is 0.467 e. The zero-order valence-electron chi connectivity index (χ0n) is 18.1. The number of carbonyl (C=O) groups excluding carboxylic acids is 2. The Bertz CT molecular complexity index is 1360. The normalized spacial score (nSPS) is 11.0. The Kier molecular flexibility index (Phi) is 6.64. The van der Waals surface area contributed by atoms with Gasteiger partial charge in [0.05, 0.1) is 41.9 Å². The summed E-state index contributed by atoms with van der Waals surface area (Å²) in [4.78, 5) is 45.5. The van der Waals surface area contributed by atoms with Crippen molar-refractivity contribution in [2.45, 2.75) is 25.5 Å². The van der Waals surface area contributed by atoms with Gasteiger partial charge in [0.25, 0.3) is 5.56 Å². The minimum absolute atomic E-state index is 0.0172. The predicted molar refractivity (Wildman–Crippen MR) is 125 cm³/mol. The number of fused-ring (bicyclic) bond motifs is 1. The molecule has 3 aromatic heterocycles. The lowest BCUT2D eigenvalue weighted by Gasteiger charge is -2.12. The maximum atomic E-state index is 13.1. The van der Waals surface area contributed by atoms with E-state index < -0.39 is 5.97 Å². The molecule has 0 saturated carbocycles. The molecular formula is C23H22N4O5S. The highest BCUT2D eigenvalue weighted by molar-refractivity contribution is 7.99. The molecule has 1 aromatic carbocycles. The van der Waals surface area contributed by atoms with Gasteiger partial charge in [0.15, 0.2) is 5.16 Å². The number of thioether (sulfide) groups is 1. The summed E-state index contributed by atoms with van der Waals surface area (Å²) >= 11 is 1.13. The van der Waals surface area contributed by atoms with Gasteiger partial charge in [-0.05, 0) is 44.2 Å². The zero-order chi connectivity index (χ0) is 23.4. The van der Waals surface area contributed by atoms with Crippen LogP contribution in [0.2, 0.25) is 0 Å². The van der Waals surface area contributed by atoms with Gasteiger partial charge < -0.3 is 19.5 Å². The molecule has 0 aliphatic heterocycles. The van der Waals surface area contributed by atoms with Crippen molar-refractivity contribution < 1.29 is 18.7 Å². The summed E-state index contributed by atoms with van der Waals surface area (Å²) < 4.78 is 11.9. The quantitative estimate of drug-likeness (QED) is 0.231. The number of esters is 1. The van der Waals surface area contributed by atoms with Crippen LogP contribution in [0.1, 0.15) is 28.7 Å². The first-order chi connectivity index (χ1) is 16.0. The highest BCUT2D eigenvalue weighted by Crippen LogP contribution is 2.21. The summed E-state index contributed by atoms with van der Waals surface area (Å²) in [5.74, 6) is -0.281. The smallest absolute Gasteiger partial charge is 0.340 e. The first-order valence-corrected chi connectivity index (χ1v) is 11.3. The van der Waals surface area contributed by atoms with Crippen molar-refractivity contribution in [3.63, 3.8) is 0 Å². The predicted octanol–water partition coefficient (Wildman–Crippen LogP) is 3.58. The fourth-order valence-corrected chi connectivity index (χ4v) is 4.11. The Morgan fingerprint density at radius 1 is 1.24 bits per heavy atom. The minimum atomic E-state index is -0.511. The Hall–Kier alpha value is -3.79. The summed E-state index contributed by atoms with van der Waals surface area (Å²) in [6, 6.07) is 11.9. The van der Waals surface area contributed by atoms with Gasteiger partial charge in [-0.3, -0.25) is 14.2 Å². The number of rotatable bonds is 8. The van der Waals surface area contributed by atoms with E-state index in [4.69, 9.17) is 9.15 Å². The molecule has 0 fully saturated rings. The van der Waals surface area contributed by atoms with Crippen molar-refractivity contribution in [3.05, 3.63) is 76.1 Å². The molecule has 170 valence electrons. The average molecular weight is 467 g/mol. The summed E-state index contributed by atoms with van der Waals surface area (Å²) in [6.45, 7) is 3.98. The first-order valence-electron chi connectivity index (χ1n) is 10.3. The third-order valence-corrected chi connectivity index (χ3v) is 5.74. The summed E-state index contributed by atoms with van der Waals surface area (Å²) in [7, 11) is 0. The van der Waals surface area contributed by atoms with E-state index in [1.807, 2.05) is 6.92 Å². The molecule has 0 radical (unpaired) electrons. The number of para-hydroxylation sites is 1. The maximum absolute atomic E-state index is 13.1. The minimum Gasteiger partial charge on any atom is -0.467 e. The van der Waals surface area contributed by atoms with E-state index in [1.54, 1.807) is 49.4 Å². The van der Waals surface area contributed by atoms with Crippen LogP contribution in [0.15, 0.2) is 63.1 Å². The number of carbonyl (C=O) groups is 2. The average Bonchev–Trinajstić information content (AvgIpc) is 3.44. The highest BCUT2D eigenvalue weighted by atomic mass is 32.2. The highest BCUT2D eigenvalue weighted by Gasteiger charge is 2.18. The molecule has 4 aromatic rings. The lowest BCUT2D eigenvalue weighted by Crippen LogP contribution is -2.25. The molecule has 0 unspecified atom stereocenters. The number of nitrogens with zero attached hydrogens (tertiary/aromatic N) is 2. The van der Waals surface area contributed by atoms with Crippen LogP contribution in [0.5, 0.6) is 0 Å². The standard InChI is InChI=1S/C23H22N4O5S/c1-3-31-22(30)16-8-4-5-9-17(16)25-19(28)13-33-23-26-18-11-14(2)24-20(18)21(29)27(23)12-15-7-6-10-32-15/h4-11,24H,3,12-13H2,1-2H3,(H,25,28). The van der Waals surface area contributed by atoms with Gasteiger partial charge in [0.1, 0.15) is 11.3 Å². The van der Waals surface area contributed by atoms with E-state index in [1.165, 1.54) is 10.8 Å². The van der Waals surface area contributed by atoms with E-state index in [9.17, 15) is 14.4 Å². The van der Waals surface area contributed by atoms with Crippen molar-refractivity contribution in [2.75, 3.05) is 17.7 Å². The number of hydrogen-bond donors (Lipinski definition) is 2. The number of benzene rings is 1. The van der Waals surface area contributed by atoms with Crippen LogP contribution in [0.3, 0.4) is 0 Å². The fraction of sp³-hybridized carbons (Fsp3) is 0.217. The number of aromatic nitrogens is 3. The summed E-state index contributed by atoms with van der Waals surface area (Å²) in [5.41, 5.74) is 2.13. The van der Waals surface area contributed by atoms with Crippen LogP contribution in [0.25, 0.3) is 11.0 Å². The number of H-pyrrole nitrogens is 1. The lowest BCUT2D eigenvalue weighted by atomic mass is 10.2. The van der Waals surface area contributed by atoms with Crippen LogP contribution in [-0.2, 0) is 16.1 Å². The zero-order valence-corrected chi connectivity index (χ0v) is 18.9. The second-order valence-corrected chi connectivity index (χ2v) is 8.12. The Morgan fingerprint density at radius 3 is 2.82 bits per heavy atom. The fourth-order valence-electron chi connectivity index (χ4n) is 3.31. The van der Waals surface area contributed by atoms with E-state index in [-0.39, 0.29) is 35.9 Å². The van der Waals surface area contributed by atoms with Gasteiger partial charge in [0.2, 0.25) is 5.91 Å². The molecule has 4 rings (SSSR count). The molecule has 0 saturated heterocycles. The molecule has 0 aliphatic carbocycles. The number of hydrogen-bond acceptors (Lipinski definition) is 7. The number of aryl methyl sites for hydroxylation is 1. The molecule has 9 nitrogen and oxygen atoms in total. The number of furan rings is 1. The topological polar surface area (TPSA) is 119 Å².